The predicted molar refractivity (Wildman–Crippen MR) is 97.7 cm³/mol. The van der Waals surface area contributed by atoms with Crippen molar-refractivity contribution in [2.24, 2.45) is 0 Å². The van der Waals surface area contributed by atoms with Crippen LogP contribution in [0.1, 0.15) is 10.4 Å². The van der Waals surface area contributed by atoms with Crippen molar-refractivity contribution in [1.29, 1.82) is 0 Å². The average Bonchev–Trinajstić information content (AvgIpc) is 3.17. The summed E-state index contributed by atoms with van der Waals surface area (Å²) in [6, 6.07) is 8.01. The summed E-state index contributed by atoms with van der Waals surface area (Å²) in [4.78, 5) is 11.4. The van der Waals surface area contributed by atoms with E-state index in [4.69, 9.17) is 4.74 Å². The molecule has 12 heteroatoms. The third-order valence-corrected chi connectivity index (χ3v) is 5.46. The summed E-state index contributed by atoms with van der Waals surface area (Å²) in [5, 5.41) is 6.16. The highest BCUT2D eigenvalue weighted by Crippen LogP contribution is 2.34. The van der Waals surface area contributed by atoms with Gasteiger partial charge in [-0.2, -0.15) is 18.3 Å². The van der Waals surface area contributed by atoms with E-state index in [1.807, 2.05) is 0 Å². The van der Waals surface area contributed by atoms with E-state index in [1.165, 1.54) is 31.5 Å². The number of carbonyl (C=O) groups excluding carboxylic acids is 1. The number of aromatic nitrogens is 2. The van der Waals surface area contributed by atoms with Crippen LogP contribution in [0.3, 0.4) is 0 Å². The number of rotatable bonds is 5. The predicted octanol–water partition coefficient (Wildman–Crippen LogP) is 3.57. The van der Waals surface area contributed by atoms with Gasteiger partial charge in [-0.05, 0) is 30.3 Å². The zero-order chi connectivity index (χ0) is 22.1. The molecule has 0 bridgehead atoms. The first kappa shape index (κ1) is 21.3. The lowest BCUT2D eigenvalue weighted by molar-refractivity contribution is -0.0436. The van der Waals surface area contributed by atoms with Crippen LogP contribution in [-0.4, -0.2) is 36.7 Å². The third kappa shape index (κ3) is 3.99. The van der Waals surface area contributed by atoms with Crippen LogP contribution in [0.25, 0.3) is 5.69 Å². The molecule has 1 aromatic heterocycles. The van der Waals surface area contributed by atoms with Crippen molar-refractivity contribution in [3.8, 4) is 11.4 Å². The zero-order valence-electron chi connectivity index (χ0n) is 15.1. The Kier molecular flexibility index (Phi) is 5.53. The number of alkyl halides is 3. The molecule has 30 heavy (non-hydrogen) atoms. The van der Waals surface area contributed by atoms with E-state index in [9.17, 15) is 30.8 Å². The molecule has 0 unspecified atom stereocenters. The molecule has 1 amide bonds. The van der Waals surface area contributed by atoms with E-state index < -0.39 is 32.0 Å². The second-order valence-corrected chi connectivity index (χ2v) is 7.83. The molecule has 7 nitrogen and oxygen atoms in total. The van der Waals surface area contributed by atoms with Gasteiger partial charge >= 0.3 is 5.51 Å². The first-order valence-electron chi connectivity index (χ1n) is 8.15. The standard InChI is InChI=1S/C18H13F4N3O4S/c1-29-16-7-6-12(30(27,28)18(20,21)22)8-14(16)24-17(26)11-9-23-25(10-11)15-5-3-2-4-13(15)19/h2-10H,1H3,(H,24,26). The minimum absolute atomic E-state index is 0.0515. The fraction of sp³-hybridized carbons (Fsp3) is 0.111. The molecular formula is C18H13F4N3O4S. The average molecular weight is 443 g/mol. The number of halogens is 4. The molecule has 2 aromatic carbocycles. The Hall–Kier alpha value is -3.41. The number of benzene rings is 2. The summed E-state index contributed by atoms with van der Waals surface area (Å²) in [6.07, 6.45) is 2.32. The molecule has 3 aromatic rings. The summed E-state index contributed by atoms with van der Waals surface area (Å²) >= 11 is 0. The molecule has 0 radical (unpaired) electrons. The minimum Gasteiger partial charge on any atom is -0.495 e. The van der Waals surface area contributed by atoms with Gasteiger partial charge in [0.15, 0.2) is 0 Å². The van der Waals surface area contributed by atoms with Gasteiger partial charge in [0.1, 0.15) is 17.3 Å². The van der Waals surface area contributed by atoms with Crippen LogP contribution in [0.15, 0.2) is 59.8 Å². The number of amides is 1. The van der Waals surface area contributed by atoms with Gasteiger partial charge in [0.2, 0.25) is 0 Å². The fourth-order valence-corrected chi connectivity index (χ4v) is 3.28. The molecule has 0 spiro atoms. The van der Waals surface area contributed by atoms with Gasteiger partial charge in [-0.25, -0.2) is 17.5 Å². The number of para-hydroxylation sites is 1. The smallest absolute Gasteiger partial charge is 0.495 e. The Morgan fingerprint density at radius 1 is 1.17 bits per heavy atom. The first-order valence-corrected chi connectivity index (χ1v) is 9.63. The van der Waals surface area contributed by atoms with Gasteiger partial charge in [-0.1, -0.05) is 12.1 Å². The Morgan fingerprint density at radius 3 is 2.50 bits per heavy atom. The van der Waals surface area contributed by atoms with Crippen LogP contribution >= 0.6 is 0 Å². The Labute approximate surface area is 167 Å². The second-order valence-electron chi connectivity index (χ2n) is 5.89. The molecular weight excluding hydrogens is 430 g/mol. The van der Waals surface area contributed by atoms with Gasteiger partial charge in [0.25, 0.3) is 15.7 Å². The molecule has 3 rings (SSSR count). The molecule has 0 atom stereocenters. The Morgan fingerprint density at radius 2 is 1.87 bits per heavy atom. The van der Waals surface area contributed by atoms with Crippen LogP contribution in [0.2, 0.25) is 0 Å². The van der Waals surface area contributed by atoms with E-state index in [2.05, 4.69) is 10.4 Å². The van der Waals surface area contributed by atoms with Crippen LogP contribution in [0.5, 0.6) is 5.75 Å². The number of nitrogens with one attached hydrogen (secondary N) is 1. The number of hydrogen-bond donors (Lipinski definition) is 1. The SMILES string of the molecule is COc1ccc(S(=O)(=O)C(F)(F)F)cc1NC(=O)c1cnn(-c2ccccc2F)c1. The molecule has 0 aliphatic heterocycles. The van der Waals surface area contributed by atoms with Gasteiger partial charge in [-0.15, -0.1) is 0 Å². The van der Waals surface area contributed by atoms with Gasteiger partial charge in [0, 0.05) is 6.20 Å². The van der Waals surface area contributed by atoms with Crippen molar-refractivity contribution in [2.45, 2.75) is 10.4 Å². The lowest BCUT2D eigenvalue weighted by atomic mass is 10.2. The lowest BCUT2D eigenvalue weighted by Crippen LogP contribution is -2.23. The van der Waals surface area contributed by atoms with Crippen molar-refractivity contribution in [3.05, 3.63) is 66.2 Å². The Bertz CT molecular complexity index is 1210. The van der Waals surface area contributed by atoms with E-state index >= 15 is 0 Å². The number of hydrogen-bond acceptors (Lipinski definition) is 5. The lowest BCUT2D eigenvalue weighted by Gasteiger charge is -2.13. The van der Waals surface area contributed by atoms with Crippen LogP contribution in [0, 0.1) is 5.82 Å². The van der Waals surface area contributed by atoms with Gasteiger partial charge in [0.05, 0.1) is 29.5 Å². The molecule has 1 heterocycles. The van der Waals surface area contributed by atoms with Crippen LogP contribution in [-0.2, 0) is 9.84 Å². The molecule has 0 aliphatic carbocycles. The van der Waals surface area contributed by atoms with Crippen molar-refractivity contribution in [1.82, 2.24) is 9.78 Å². The van der Waals surface area contributed by atoms with Crippen molar-refractivity contribution in [3.63, 3.8) is 0 Å². The number of ether oxygens (including phenoxy) is 1. The van der Waals surface area contributed by atoms with E-state index in [-0.39, 0.29) is 22.7 Å². The van der Waals surface area contributed by atoms with E-state index in [0.717, 1.165) is 16.9 Å². The number of carbonyl (C=O) groups is 1. The van der Waals surface area contributed by atoms with Gasteiger partial charge < -0.3 is 10.1 Å². The highest BCUT2D eigenvalue weighted by atomic mass is 32.2. The van der Waals surface area contributed by atoms with E-state index in [1.54, 1.807) is 6.07 Å². The summed E-state index contributed by atoms with van der Waals surface area (Å²) in [7, 11) is -4.43. The molecule has 1 N–H and O–H groups in total. The highest BCUT2D eigenvalue weighted by Gasteiger charge is 2.47. The summed E-state index contributed by atoms with van der Waals surface area (Å²) < 4.78 is 81.6. The van der Waals surface area contributed by atoms with Crippen LogP contribution in [0.4, 0.5) is 23.2 Å². The van der Waals surface area contributed by atoms with E-state index in [0.29, 0.717) is 12.1 Å². The second kappa shape index (κ2) is 7.78. The topological polar surface area (TPSA) is 90.3 Å². The van der Waals surface area contributed by atoms with Crippen molar-refractivity contribution < 1.29 is 35.5 Å². The molecule has 158 valence electrons. The maximum absolute atomic E-state index is 13.9. The number of methoxy groups -OCH3 is 1. The Balaban J connectivity index is 1.92. The van der Waals surface area contributed by atoms with Gasteiger partial charge in [-0.3, -0.25) is 4.79 Å². The van der Waals surface area contributed by atoms with Crippen molar-refractivity contribution in [2.75, 3.05) is 12.4 Å². The minimum atomic E-state index is -5.63. The highest BCUT2D eigenvalue weighted by molar-refractivity contribution is 7.92. The maximum atomic E-state index is 13.9. The molecule has 0 aliphatic rings. The monoisotopic (exact) mass is 443 g/mol. The number of nitrogens with zero attached hydrogens (tertiary/aromatic N) is 2. The number of anilines is 1. The summed E-state index contributed by atoms with van der Waals surface area (Å²) in [5.41, 5.74) is -5.78. The quantitative estimate of drug-likeness (QED) is 0.609. The summed E-state index contributed by atoms with van der Waals surface area (Å²) in [6.45, 7) is 0. The molecule has 0 saturated heterocycles. The fourth-order valence-electron chi connectivity index (χ4n) is 2.49. The molecule has 0 fully saturated rings. The van der Waals surface area contributed by atoms with Crippen LogP contribution < -0.4 is 10.1 Å². The van der Waals surface area contributed by atoms with Crippen molar-refractivity contribution >= 4 is 21.4 Å². The zero-order valence-corrected chi connectivity index (χ0v) is 16.0. The number of sulfone groups is 1. The maximum Gasteiger partial charge on any atom is 0.501 e. The summed E-state index contributed by atoms with van der Waals surface area (Å²) in [5.74, 6) is -1.47. The molecule has 0 saturated carbocycles. The normalized spacial score (nSPS) is 11.9. The third-order valence-electron chi connectivity index (χ3n) is 3.98. The first-order chi connectivity index (χ1) is 14.0. The largest absolute Gasteiger partial charge is 0.501 e.